The molecular formula is C27H33N3O6S. The van der Waals surface area contributed by atoms with Crippen molar-refractivity contribution >= 4 is 27.7 Å². The van der Waals surface area contributed by atoms with Crippen LogP contribution in [0, 0.1) is 6.92 Å². The molecule has 10 heteroatoms. The van der Waals surface area contributed by atoms with Gasteiger partial charge in [0.2, 0.25) is 10.0 Å². The van der Waals surface area contributed by atoms with E-state index in [0.29, 0.717) is 50.7 Å². The van der Waals surface area contributed by atoms with Crippen molar-refractivity contribution in [2.45, 2.75) is 56.7 Å². The van der Waals surface area contributed by atoms with Crippen molar-refractivity contribution < 1.29 is 27.9 Å². The van der Waals surface area contributed by atoms with Gasteiger partial charge in [0.05, 0.1) is 30.0 Å². The molecule has 198 valence electrons. The highest BCUT2D eigenvalue weighted by molar-refractivity contribution is 7.88. The van der Waals surface area contributed by atoms with E-state index in [9.17, 15) is 18.0 Å². The Morgan fingerprint density at radius 2 is 1.84 bits per heavy atom. The first-order valence-electron chi connectivity index (χ1n) is 12.8. The molecule has 2 amide bonds. The van der Waals surface area contributed by atoms with Crippen LogP contribution in [0.4, 0.5) is 10.5 Å². The van der Waals surface area contributed by atoms with Crippen LogP contribution in [0.5, 0.6) is 5.75 Å². The van der Waals surface area contributed by atoms with Crippen molar-refractivity contribution in [3.05, 3.63) is 58.7 Å². The maximum Gasteiger partial charge on any atom is 0.335 e. The number of hydrogen-bond donors (Lipinski definition) is 2. The number of aromatic carboxylic acids is 1. The summed E-state index contributed by atoms with van der Waals surface area (Å²) < 4.78 is 34.3. The maximum atomic E-state index is 13.5. The summed E-state index contributed by atoms with van der Waals surface area (Å²) in [6, 6.07) is 9.93. The van der Waals surface area contributed by atoms with Gasteiger partial charge in [0, 0.05) is 18.8 Å². The fraction of sp³-hybridized carbons (Fsp3) is 0.481. The molecule has 0 aromatic heterocycles. The molecule has 37 heavy (non-hydrogen) atoms. The van der Waals surface area contributed by atoms with Crippen molar-refractivity contribution in [3.8, 4) is 5.75 Å². The van der Waals surface area contributed by atoms with E-state index < -0.39 is 21.5 Å². The Labute approximate surface area is 217 Å². The Morgan fingerprint density at radius 1 is 1.16 bits per heavy atom. The molecule has 9 nitrogen and oxygen atoms in total. The van der Waals surface area contributed by atoms with E-state index in [-0.39, 0.29) is 17.3 Å². The minimum atomic E-state index is -3.55. The van der Waals surface area contributed by atoms with Crippen molar-refractivity contribution in [2.24, 2.45) is 0 Å². The number of carboxylic acids is 1. The molecule has 2 aromatic rings. The number of anilines is 1. The highest BCUT2D eigenvalue weighted by Crippen LogP contribution is 2.44. The molecule has 2 aliphatic heterocycles. The highest BCUT2D eigenvalue weighted by Gasteiger charge is 2.46. The number of sulfonamides is 1. The summed E-state index contributed by atoms with van der Waals surface area (Å²) in [6.45, 7) is 5.51. The highest BCUT2D eigenvalue weighted by atomic mass is 32.2. The SMILES string of the molecule is CCOc1cc(CS(=O)(=O)N2CCC3(CC2)CN(c2ccc(C(=O)O)cc2)C(=O)N3)c(C2CC2)cc1C. The van der Waals surface area contributed by atoms with Gasteiger partial charge in [-0.25, -0.2) is 22.3 Å². The average Bonchev–Trinajstić information content (AvgIpc) is 3.65. The predicted octanol–water partition coefficient (Wildman–Crippen LogP) is 3.86. The number of benzene rings is 2. The summed E-state index contributed by atoms with van der Waals surface area (Å²) in [4.78, 5) is 25.5. The van der Waals surface area contributed by atoms with Crippen LogP contribution in [0.15, 0.2) is 36.4 Å². The minimum Gasteiger partial charge on any atom is -0.494 e. The number of nitrogens with one attached hydrogen (secondary N) is 1. The van der Waals surface area contributed by atoms with Gasteiger partial charge in [-0.2, -0.15) is 0 Å². The van der Waals surface area contributed by atoms with Gasteiger partial charge in [0.1, 0.15) is 5.75 Å². The van der Waals surface area contributed by atoms with Crippen molar-refractivity contribution in [2.75, 3.05) is 31.1 Å². The number of amides is 2. The second-order valence-electron chi connectivity index (χ2n) is 10.3. The van der Waals surface area contributed by atoms with Gasteiger partial charge in [0.25, 0.3) is 0 Å². The lowest BCUT2D eigenvalue weighted by molar-refractivity contribution is 0.0697. The first-order valence-corrected chi connectivity index (χ1v) is 14.4. The van der Waals surface area contributed by atoms with Gasteiger partial charge in [-0.3, -0.25) is 4.90 Å². The molecular weight excluding hydrogens is 494 g/mol. The number of carbonyl (C=O) groups is 2. The standard InChI is InChI=1S/C27H33N3O6S/c1-3-36-24-15-21(23(14-18(24)2)19-4-5-19)16-37(34,35)29-12-10-27(11-13-29)17-30(26(33)28-27)22-8-6-20(7-9-22)25(31)32/h6-9,14-15,19H,3-5,10-13,16-17H2,1-2H3,(H,28,33)(H,31,32). The lowest BCUT2D eigenvalue weighted by atomic mass is 9.89. The monoisotopic (exact) mass is 527 g/mol. The molecule has 5 rings (SSSR count). The van der Waals surface area contributed by atoms with Crippen molar-refractivity contribution in [3.63, 3.8) is 0 Å². The van der Waals surface area contributed by atoms with E-state index in [1.165, 1.54) is 12.1 Å². The van der Waals surface area contributed by atoms with Gasteiger partial charge < -0.3 is 15.2 Å². The Kier molecular flexibility index (Phi) is 6.66. The fourth-order valence-corrected chi connectivity index (χ4v) is 6.99. The Hall–Kier alpha value is -3.11. The van der Waals surface area contributed by atoms with Crippen LogP contribution in [0.2, 0.25) is 0 Å². The molecule has 3 aliphatic rings. The van der Waals surface area contributed by atoms with E-state index >= 15 is 0 Å². The van der Waals surface area contributed by atoms with Crippen LogP contribution >= 0.6 is 0 Å². The summed E-state index contributed by atoms with van der Waals surface area (Å²) in [6.07, 6.45) is 3.19. The first kappa shape index (κ1) is 25.5. The molecule has 0 bridgehead atoms. The summed E-state index contributed by atoms with van der Waals surface area (Å²) in [7, 11) is -3.55. The third-order valence-corrected chi connectivity index (χ3v) is 9.50. The van der Waals surface area contributed by atoms with Gasteiger partial charge in [0.15, 0.2) is 0 Å². The van der Waals surface area contributed by atoms with Gasteiger partial charge in [-0.05, 0) is 92.5 Å². The summed E-state index contributed by atoms with van der Waals surface area (Å²) in [5.74, 6) is 0.0837. The Morgan fingerprint density at radius 3 is 2.43 bits per heavy atom. The smallest absolute Gasteiger partial charge is 0.335 e. The number of aryl methyl sites for hydroxylation is 1. The fourth-order valence-electron chi connectivity index (χ4n) is 5.43. The molecule has 3 fully saturated rings. The zero-order valence-electron chi connectivity index (χ0n) is 21.2. The van der Waals surface area contributed by atoms with E-state index in [0.717, 1.165) is 35.3 Å². The zero-order valence-corrected chi connectivity index (χ0v) is 22.0. The van der Waals surface area contributed by atoms with Crippen LogP contribution in [0.3, 0.4) is 0 Å². The number of carbonyl (C=O) groups excluding carboxylic acids is 1. The second kappa shape index (κ2) is 9.64. The lowest BCUT2D eigenvalue weighted by Gasteiger charge is -2.38. The number of rotatable bonds is 8. The number of urea groups is 1. The quantitative estimate of drug-likeness (QED) is 0.539. The van der Waals surface area contributed by atoms with Crippen LogP contribution < -0.4 is 15.0 Å². The number of nitrogens with zero attached hydrogens (tertiary/aromatic N) is 2. The summed E-state index contributed by atoms with van der Waals surface area (Å²) >= 11 is 0. The molecule has 1 spiro atoms. The molecule has 2 saturated heterocycles. The number of hydrogen-bond acceptors (Lipinski definition) is 5. The molecule has 2 N–H and O–H groups in total. The molecule has 0 radical (unpaired) electrons. The minimum absolute atomic E-state index is 0.0550. The van der Waals surface area contributed by atoms with E-state index in [4.69, 9.17) is 9.84 Å². The largest absolute Gasteiger partial charge is 0.494 e. The zero-order chi connectivity index (χ0) is 26.4. The third kappa shape index (κ3) is 5.17. The maximum absolute atomic E-state index is 13.5. The Balaban J connectivity index is 1.27. The number of piperidine rings is 1. The Bertz CT molecular complexity index is 1310. The molecule has 2 aromatic carbocycles. The topological polar surface area (TPSA) is 116 Å². The lowest BCUT2D eigenvalue weighted by Crippen LogP contribution is -2.53. The van der Waals surface area contributed by atoms with Gasteiger partial charge in [-0.15, -0.1) is 0 Å². The van der Waals surface area contributed by atoms with Crippen molar-refractivity contribution in [1.29, 1.82) is 0 Å². The molecule has 0 atom stereocenters. The predicted molar refractivity (Wildman–Crippen MR) is 140 cm³/mol. The first-order chi connectivity index (χ1) is 17.6. The van der Waals surface area contributed by atoms with Crippen LogP contribution in [-0.2, 0) is 15.8 Å². The molecule has 0 unspecified atom stereocenters. The van der Waals surface area contributed by atoms with E-state index in [1.807, 2.05) is 19.9 Å². The number of ether oxygens (including phenoxy) is 1. The third-order valence-electron chi connectivity index (χ3n) is 7.67. The summed E-state index contributed by atoms with van der Waals surface area (Å²) in [5.41, 5.74) is 3.23. The van der Waals surface area contributed by atoms with Crippen LogP contribution in [0.25, 0.3) is 0 Å². The second-order valence-corrected chi connectivity index (χ2v) is 12.3. The summed E-state index contributed by atoms with van der Waals surface area (Å²) in [5, 5.41) is 12.2. The molecule has 1 aliphatic carbocycles. The van der Waals surface area contributed by atoms with Crippen LogP contribution in [0.1, 0.15) is 65.6 Å². The van der Waals surface area contributed by atoms with E-state index in [2.05, 4.69) is 11.4 Å². The van der Waals surface area contributed by atoms with Crippen molar-refractivity contribution in [1.82, 2.24) is 9.62 Å². The number of carboxylic acid groups (broad SMARTS) is 1. The molecule has 2 heterocycles. The normalized spacial score (nSPS) is 19.7. The van der Waals surface area contributed by atoms with Gasteiger partial charge in [-0.1, -0.05) is 6.07 Å². The van der Waals surface area contributed by atoms with E-state index in [1.54, 1.807) is 21.3 Å². The average molecular weight is 528 g/mol. The molecule has 1 saturated carbocycles. The van der Waals surface area contributed by atoms with Gasteiger partial charge >= 0.3 is 12.0 Å². The van der Waals surface area contributed by atoms with Crippen LogP contribution in [-0.4, -0.2) is 61.6 Å².